The molecule has 0 bridgehead atoms. The number of carbonyl (C=O) groups excluding carboxylic acids is 1. The average Bonchev–Trinajstić information content (AvgIpc) is 2.12. The Balaban J connectivity index is 1.97. The van der Waals surface area contributed by atoms with E-state index in [0.717, 1.165) is 13.1 Å². The molecule has 0 saturated carbocycles. The van der Waals surface area contributed by atoms with Crippen molar-refractivity contribution in [1.82, 2.24) is 20.6 Å². The quantitative estimate of drug-likeness (QED) is 0.621. The Morgan fingerprint density at radius 2 is 2.15 bits per heavy atom. The predicted molar refractivity (Wildman–Crippen MR) is 46.2 cm³/mol. The smallest absolute Gasteiger partial charge is 0.254 e. The van der Waals surface area contributed by atoms with E-state index in [4.69, 9.17) is 0 Å². The van der Waals surface area contributed by atoms with E-state index in [1.165, 1.54) is 18.7 Å². The van der Waals surface area contributed by atoms with Crippen LogP contribution in [-0.4, -0.2) is 35.0 Å². The normalized spacial score (nSPS) is 16.3. The molecule has 68 valence electrons. The SMILES string of the molecule is O=C(NC1CNC1)c1cncnc1. The highest BCUT2D eigenvalue weighted by Crippen LogP contribution is 1.96. The molecule has 5 nitrogen and oxygen atoms in total. The van der Waals surface area contributed by atoms with Crippen molar-refractivity contribution >= 4 is 5.91 Å². The van der Waals surface area contributed by atoms with Crippen molar-refractivity contribution in [3.8, 4) is 0 Å². The maximum absolute atomic E-state index is 11.4. The summed E-state index contributed by atoms with van der Waals surface area (Å²) in [6.45, 7) is 1.69. The van der Waals surface area contributed by atoms with Gasteiger partial charge < -0.3 is 10.6 Å². The van der Waals surface area contributed by atoms with E-state index in [2.05, 4.69) is 20.6 Å². The Morgan fingerprint density at radius 3 is 2.69 bits per heavy atom. The molecule has 2 heterocycles. The lowest BCUT2D eigenvalue weighted by atomic mass is 10.1. The highest BCUT2D eigenvalue weighted by molar-refractivity contribution is 5.93. The summed E-state index contributed by atoms with van der Waals surface area (Å²) in [6, 6.07) is 0.257. The second-order valence-corrected chi connectivity index (χ2v) is 2.96. The Kier molecular flexibility index (Phi) is 2.18. The van der Waals surface area contributed by atoms with Gasteiger partial charge in [0.05, 0.1) is 11.6 Å². The summed E-state index contributed by atoms with van der Waals surface area (Å²) in [5.74, 6) is -0.105. The molecule has 1 aliphatic heterocycles. The number of hydrogen-bond donors (Lipinski definition) is 2. The van der Waals surface area contributed by atoms with Crippen molar-refractivity contribution in [2.45, 2.75) is 6.04 Å². The van der Waals surface area contributed by atoms with Crippen LogP contribution in [-0.2, 0) is 0 Å². The Hall–Kier alpha value is -1.49. The highest BCUT2D eigenvalue weighted by atomic mass is 16.1. The number of rotatable bonds is 2. The van der Waals surface area contributed by atoms with Crippen molar-refractivity contribution in [2.75, 3.05) is 13.1 Å². The molecule has 2 N–H and O–H groups in total. The second kappa shape index (κ2) is 3.49. The van der Waals surface area contributed by atoms with Crippen molar-refractivity contribution in [3.63, 3.8) is 0 Å². The molecule has 13 heavy (non-hydrogen) atoms. The van der Waals surface area contributed by atoms with Crippen LogP contribution < -0.4 is 10.6 Å². The van der Waals surface area contributed by atoms with Gasteiger partial charge in [-0.3, -0.25) is 4.79 Å². The summed E-state index contributed by atoms with van der Waals surface area (Å²) in [4.78, 5) is 19.0. The number of aromatic nitrogens is 2. The largest absolute Gasteiger partial charge is 0.347 e. The molecule has 1 aliphatic rings. The first-order chi connectivity index (χ1) is 6.36. The van der Waals surface area contributed by atoms with Crippen LogP contribution in [0.15, 0.2) is 18.7 Å². The fraction of sp³-hybridized carbons (Fsp3) is 0.375. The molecule has 0 spiro atoms. The Morgan fingerprint density at radius 1 is 1.46 bits per heavy atom. The zero-order valence-corrected chi connectivity index (χ0v) is 7.03. The van der Waals surface area contributed by atoms with Gasteiger partial charge in [-0.2, -0.15) is 0 Å². The Bertz CT molecular complexity index is 296. The zero-order valence-electron chi connectivity index (χ0n) is 7.03. The van der Waals surface area contributed by atoms with Crippen molar-refractivity contribution in [3.05, 3.63) is 24.3 Å². The molecule has 1 amide bonds. The molecule has 0 aromatic carbocycles. The number of nitrogens with zero attached hydrogens (tertiary/aromatic N) is 2. The number of amides is 1. The van der Waals surface area contributed by atoms with E-state index < -0.39 is 0 Å². The average molecular weight is 178 g/mol. The lowest BCUT2D eigenvalue weighted by Gasteiger charge is -2.27. The van der Waals surface area contributed by atoms with Crippen LogP contribution in [0, 0.1) is 0 Å². The van der Waals surface area contributed by atoms with E-state index >= 15 is 0 Å². The van der Waals surface area contributed by atoms with Crippen molar-refractivity contribution < 1.29 is 4.79 Å². The summed E-state index contributed by atoms with van der Waals surface area (Å²) in [5.41, 5.74) is 0.509. The van der Waals surface area contributed by atoms with Gasteiger partial charge in [0.1, 0.15) is 6.33 Å². The van der Waals surface area contributed by atoms with Crippen LogP contribution >= 0.6 is 0 Å². The molecular weight excluding hydrogens is 168 g/mol. The number of hydrogen-bond acceptors (Lipinski definition) is 4. The number of nitrogens with one attached hydrogen (secondary N) is 2. The minimum Gasteiger partial charge on any atom is -0.347 e. The molecule has 0 radical (unpaired) electrons. The molecule has 1 fully saturated rings. The molecule has 1 aromatic heterocycles. The first kappa shape index (κ1) is 8.12. The van der Waals surface area contributed by atoms with Gasteiger partial charge in [0, 0.05) is 25.5 Å². The first-order valence-electron chi connectivity index (χ1n) is 4.13. The fourth-order valence-electron chi connectivity index (χ4n) is 1.08. The van der Waals surface area contributed by atoms with Gasteiger partial charge in [-0.15, -0.1) is 0 Å². The monoisotopic (exact) mass is 178 g/mol. The summed E-state index contributed by atoms with van der Waals surface area (Å²) in [6.07, 6.45) is 4.42. The minimum absolute atomic E-state index is 0.105. The van der Waals surface area contributed by atoms with Gasteiger partial charge in [-0.25, -0.2) is 9.97 Å². The molecule has 1 aromatic rings. The summed E-state index contributed by atoms with van der Waals surface area (Å²) in [5, 5.41) is 5.92. The zero-order chi connectivity index (χ0) is 9.10. The lowest BCUT2D eigenvalue weighted by Crippen LogP contribution is -2.56. The molecule has 5 heteroatoms. The third-order valence-electron chi connectivity index (χ3n) is 1.94. The van der Waals surface area contributed by atoms with Crippen LogP contribution in [0.3, 0.4) is 0 Å². The maximum Gasteiger partial charge on any atom is 0.254 e. The van der Waals surface area contributed by atoms with E-state index in [0.29, 0.717) is 5.56 Å². The summed E-state index contributed by atoms with van der Waals surface area (Å²) >= 11 is 0. The molecule has 0 unspecified atom stereocenters. The molecule has 1 saturated heterocycles. The summed E-state index contributed by atoms with van der Waals surface area (Å²) in [7, 11) is 0. The van der Waals surface area contributed by atoms with Crippen LogP contribution in [0.4, 0.5) is 0 Å². The van der Waals surface area contributed by atoms with Crippen LogP contribution in [0.1, 0.15) is 10.4 Å². The molecule has 2 rings (SSSR count). The van der Waals surface area contributed by atoms with Crippen LogP contribution in [0.5, 0.6) is 0 Å². The lowest BCUT2D eigenvalue weighted by molar-refractivity contribution is 0.0923. The molecular formula is C8H10N4O. The van der Waals surface area contributed by atoms with Gasteiger partial charge in [0.25, 0.3) is 5.91 Å². The van der Waals surface area contributed by atoms with Gasteiger partial charge >= 0.3 is 0 Å². The summed E-state index contributed by atoms with van der Waals surface area (Å²) < 4.78 is 0. The van der Waals surface area contributed by atoms with Gasteiger partial charge in [-0.1, -0.05) is 0 Å². The molecule has 0 aliphatic carbocycles. The standard InChI is InChI=1S/C8H10N4O/c13-8(12-7-3-9-4-7)6-1-10-5-11-2-6/h1-2,5,7,9H,3-4H2,(H,12,13). The van der Waals surface area contributed by atoms with Gasteiger partial charge in [0.2, 0.25) is 0 Å². The van der Waals surface area contributed by atoms with E-state index in [9.17, 15) is 4.79 Å². The second-order valence-electron chi connectivity index (χ2n) is 2.96. The van der Waals surface area contributed by atoms with Gasteiger partial charge in [-0.05, 0) is 0 Å². The van der Waals surface area contributed by atoms with E-state index in [-0.39, 0.29) is 11.9 Å². The topological polar surface area (TPSA) is 66.9 Å². The predicted octanol–water partition coefficient (Wildman–Crippen LogP) is -0.822. The van der Waals surface area contributed by atoms with Crippen LogP contribution in [0.25, 0.3) is 0 Å². The molecule has 0 atom stereocenters. The van der Waals surface area contributed by atoms with Crippen molar-refractivity contribution in [2.24, 2.45) is 0 Å². The highest BCUT2D eigenvalue weighted by Gasteiger charge is 2.19. The van der Waals surface area contributed by atoms with Crippen LogP contribution in [0.2, 0.25) is 0 Å². The van der Waals surface area contributed by atoms with Crippen molar-refractivity contribution in [1.29, 1.82) is 0 Å². The van der Waals surface area contributed by atoms with E-state index in [1.54, 1.807) is 0 Å². The fourth-order valence-corrected chi connectivity index (χ4v) is 1.08. The Labute approximate surface area is 75.6 Å². The maximum atomic E-state index is 11.4. The minimum atomic E-state index is -0.105. The third kappa shape index (κ3) is 1.81. The first-order valence-corrected chi connectivity index (χ1v) is 4.13. The third-order valence-corrected chi connectivity index (χ3v) is 1.94. The van der Waals surface area contributed by atoms with Gasteiger partial charge in [0.15, 0.2) is 0 Å². The number of carbonyl (C=O) groups is 1. The van der Waals surface area contributed by atoms with E-state index in [1.807, 2.05) is 0 Å².